The number of nitrogens with zero attached hydrogens (tertiary/aromatic N) is 7. The highest BCUT2D eigenvalue weighted by molar-refractivity contribution is 7.20. The van der Waals surface area contributed by atoms with Gasteiger partial charge in [-0.05, 0) is 182 Å². The van der Waals surface area contributed by atoms with Crippen LogP contribution in [-0.4, -0.2) is 194 Å². The Labute approximate surface area is 610 Å². The number of nitrogens with one attached hydrogen (secondary N) is 1. The molecule has 0 aliphatic carbocycles. The highest BCUT2D eigenvalue weighted by Crippen LogP contribution is 2.45. The zero-order chi connectivity index (χ0) is 74.1. The van der Waals surface area contributed by atoms with E-state index in [0.717, 1.165) is 115 Å². The molecule has 9 heterocycles. The maximum Gasteiger partial charge on any atom is 0.499 e. The van der Waals surface area contributed by atoms with Crippen LogP contribution in [0.4, 0.5) is 4.79 Å². The highest BCUT2D eigenvalue weighted by atomic mass is 32.1. The van der Waals surface area contributed by atoms with Gasteiger partial charge in [-0.1, -0.05) is 71.8 Å². The molecule has 0 atom stereocenters. The Morgan fingerprint density at radius 1 is 0.592 bits per heavy atom. The summed E-state index contributed by atoms with van der Waals surface area (Å²) in [4.78, 5) is 58.4. The number of ether oxygens (including phenoxy) is 3. The number of rotatable bonds is 12. The fourth-order valence-electron chi connectivity index (χ4n) is 11.9. The van der Waals surface area contributed by atoms with Crippen molar-refractivity contribution in [3.8, 4) is 11.5 Å². The maximum atomic E-state index is 12.8. The number of likely N-dealkylation sites (tertiary alicyclic amines) is 1. The van der Waals surface area contributed by atoms with Gasteiger partial charge in [0, 0.05) is 159 Å². The van der Waals surface area contributed by atoms with Crippen molar-refractivity contribution in [2.75, 3.05) is 65.6 Å². The van der Waals surface area contributed by atoms with Gasteiger partial charge in [-0.15, -0.1) is 0 Å². The van der Waals surface area contributed by atoms with Gasteiger partial charge in [0.05, 0.1) is 0 Å². The Hall–Kier alpha value is -8.85. The van der Waals surface area contributed by atoms with E-state index in [1.54, 1.807) is 53.1 Å². The van der Waals surface area contributed by atoms with Gasteiger partial charge >= 0.3 is 34.6 Å². The SMILES string of the molecule is CCN(CC)C(=O)c1ccc(C2=CC3(CCN(C(=O)OC(C)(C)C)CC3)Oc3ccc(C)cc32)cc1.CCN(CC)C(=O)c1ccc(C2=CC3(CCNCC3)Oc3ccc(C)cc32)cc1.OB(O)c1cccnc1.OB(O)c1cccs1.OB(O)c1cncnc1.c1cncc(B2OCCCO2)c1. The molecule has 103 heavy (non-hydrogen) atoms. The third-order valence-electron chi connectivity index (χ3n) is 17.4. The van der Waals surface area contributed by atoms with E-state index >= 15 is 0 Å². The van der Waals surface area contributed by atoms with Crippen molar-refractivity contribution < 1.29 is 68.0 Å². The Morgan fingerprint density at radius 3 is 1.46 bits per heavy atom. The third kappa shape index (κ3) is 23.1. The predicted octanol–water partition coefficient (Wildman–Crippen LogP) is 7.05. The van der Waals surface area contributed by atoms with E-state index < -0.39 is 32.6 Å². The van der Waals surface area contributed by atoms with E-state index in [1.165, 1.54) is 47.4 Å². The zero-order valence-electron chi connectivity index (χ0n) is 60.2. The van der Waals surface area contributed by atoms with Crippen LogP contribution in [0.25, 0.3) is 11.1 Å². The number of amides is 3. The van der Waals surface area contributed by atoms with Crippen molar-refractivity contribution in [1.29, 1.82) is 0 Å². The number of aromatic nitrogens is 4. The molecule has 4 aromatic carbocycles. The minimum Gasteiger partial charge on any atom is -0.482 e. The molecule has 3 amide bonds. The molecule has 5 aliphatic heterocycles. The van der Waals surface area contributed by atoms with Crippen LogP contribution in [-0.2, 0) is 14.0 Å². The fourth-order valence-corrected chi connectivity index (χ4v) is 12.5. The van der Waals surface area contributed by atoms with E-state index in [2.05, 4.69) is 93.7 Å². The first-order valence-corrected chi connectivity index (χ1v) is 35.8. The predicted molar refractivity (Wildman–Crippen MR) is 406 cm³/mol. The molecule has 3 saturated heterocycles. The maximum absolute atomic E-state index is 12.8. The van der Waals surface area contributed by atoms with Crippen molar-refractivity contribution in [1.82, 2.24) is 40.0 Å². The van der Waals surface area contributed by atoms with Gasteiger partial charge in [0.15, 0.2) is 0 Å². The molecule has 540 valence electrons. The number of pyridine rings is 2. The number of hydrogen-bond donors (Lipinski definition) is 7. The van der Waals surface area contributed by atoms with E-state index in [-0.39, 0.29) is 30.6 Å². The number of fused-ring (bicyclic) bond motifs is 2. The van der Waals surface area contributed by atoms with Gasteiger partial charge in [0.1, 0.15) is 34.6 Å². The lowest BCUT2D eigenvalue weighted by Gasteiger charge is -2.43. The van der Waals surface area contributed by atoms with Crippen LogP contribution in [0.2, 0.25) is 0 Å². The van der Waals surface area contributed by atoms with E-state index in [9.17, 15) is 14.4 Å². The molecule has 7 N–H and O–H groups in total. The number of carbonyl (C=O) groups is 3. The first-order valence-electron chi connectivity index (χ1n) is 34.9. The molecule has 22 nitrogen and oxygen atoms in total. The zero-order valence-corrected chi connectivity index (χ0v) is 61.0. The number of thiophene rings is 1. The minimum atomic E-state index is -1.47. The fraction of sp³-hybridized carbons (Fsp3) is 0.355. The van der Waals surface area contributed by atoms with Gasteiger partial charge in [0.25, 0.3) is 11.8 Å². The first-order chi connectivity index (χ1) is 49.5. The molecule has 2 spiro atoms. The van der Waals surface area contributed by atoms with E-state index in [1.807, 2.05) is 113 Å². The normalized spacial score (nSPS) is 15.1. The first kappa shape index (κ1) is 79.8. The molecule has 0 unspecified atom stereocenters. The number of aryl methyl sites for hydroxylation is 2. The van der Waals surface area contributed by atoms with Crippen LogP contribution in [0.3, 0.4) is 0 Å². The van der Waals surface area contributed by atoms with Crippen LogP contribution in [0.5, 0.6) is 11.5 Å². The quantitative estimate of drug-likeness (QED) is 0.0603. The Morgan fingerprint density at radius 2 is 1.07 bits per heavy atom. The van der Waals surface area contributed by atoms with Crippen molar-refractivity contribution >= 4 is 90.0 Å². The minimum absolute atomic E-state index is 0.0507. The second kappa shape index (κ2) is 38.6. The monoisotopic (exact) mass is 1420 g/mol. The summed E-state index contributed by atoms with van der Waals surface area (Å²) >= 11 is 1.33. The molecule has 13 rings (SSSR count). The van der Waals surface area contributed by atoms with E-state index in [0.29, 0.717) is 60.3 Å². The Kier molecular flexibility index (Phi) is 29.9. The molecular formula is C76H94B4N8O14S. The highest BCUT2D eigenvalue weighted by Gasteiger charge is 2.42. The van der Waals surface area contributed by atoms with Gasteiger partial charge in [-0.3, -0.25) is 19.6 Å². The largest absolute Gasteiger partial charge is 0.499 e. The summed E-state index contributed by atoms with van der Waals surface area (Å²) in [6.07, 6.45) is 19.0. The van der Waals surface area contributed by atoms with Crippen LogP contribution >= 0.6 is 11.3 Å². The number of carbonyl (C=O) groups excluding carboxylic acids is 3. The number of benzene rings is 4. The second-order valence-corrected chi connectivity index (χ2v) is 27.1. The topological polar surface area (TPSA) is 292 Å². The molecule has 0 saturated carbocycles. The summed E-state index contributed by atoms with van der Waals surface area (Å²) in [6, 6.07) is 39.2. The van der Waals surface area contributed by atoms with Crippen LogP contribution in [0.15, 0.2) is 182 Å². The smallest absolute Gasteiger partial charge is 0.482 e. The van der Waals surface area contributed by atoms with Gasteiger partial charge in [-0.2, -0.15) is 11.3 Å². The molecule has 4 aromatic heterocycles. The molecule has 27 heteroatoms. The van der Waals surface area contributed by atoms with E-state index in [4.69, 9.17) is 53.7 Å². The van der Waals surface area contributed by atoms with Crippen LogP contribution < -0.4 is 36.0 Å². The summed E-state index contributed by atoms with van der Waals surface area (Å²) in [5.41, 5.74) is 10.9. The Balaban J connectivity index is 0.000000175. The molecule has 0 bridgehead atoms. The molecule has 0 radical (unpaired) electrons. The van der Waals surface area contributed by atoms with Crippen molar-refractivity contribution in [2.45, 2.75) is 111 Å². The van der Waals surface area contributed by atoms with Crippen LogP contribution in [0, 0.1) is 13.8 Å². The van der Waals surface area contributed by atoms with Crippen molar-refractivity contribution in [3.63, 3.8) is 0 Å². The summed E-state index contributed by atoms with van der Waals surface area (Å²) in [6.45, 7) is 25.3. The standard InChI is InChI=1S/C30H38N2O4.C25H30N2O2.C8H10BNO2.C5H6BNO2.C4H5BN2O2.C4H5BO2S/c1-7-31(8-2)27(33)23-12-10-22(11-13-23)25-20-30(35-26-14-9-21(3)19-24(25)26)15-17-32(18-16-30)28(34)36-29(4,5)6;1-4-27(5-2)24(28)20-9-7-19(8-10-20)22-17-25(12-14-26-15-13-25)29-23-11-6-18(3)16-21(22)23;1-3-8(7-10-4-1)9-11-5-2-6-12-9;8-6(9)5-2-1-3-7-4-5;8-5(9)4-1-6-3-7-2-4;6-5(7)4-2-1-3-8-4/h9-14,19-20H,7-8,15-18H2,1-6H3;6-11,16-17,26H,4-5,12-15H2,1-3H3;1,3-4,7H,2,5-6H2;1-4,8-9H;1-3,8-9H;1-3,6-7H. The van der Waals surface area contributed by atoms with Crippen molar-refractivity contribution in [2.24, 2.45) is 0 Å². The van der Waals surface area contributed by atoms with Crippen LogP contribution in [0.1, 0.15) is 135 Å². The van der Waals surface area contributed by atoms with Gasteiger partial charge < -0.3 is 73.7 Å². The number of piperidine rings is 2. The summed E-state index contributed by atoms with van der Waals surface area (Å²) < 4.78 is 30.1. The second-order valence-electron chi connectivity index (χ2n) is 26.1. The number of hydrogen-bond acceptors (Lipinski definition) is 20. The molecule has 8 aromatic rings. The summed E-state index contributed by atoms with van der Waals surface area (Å²) in [7, 11) is -4.37. The van der Waals surface area contributed by atoms with Gasteiger partial charge in [0.2, 0.25) is 0 Å². The molecule has 5 aliphatic rings. The lowest BCUT2D eigenvalue weighted by Crippen LogP contribution is -2.50. The lowest BCUT2D eigenvalue weighted by atomic mass is 9.79. The molecular weight excluding hydrogens is 1320 g/mol. The average molecular weight is 1420 g/mol. The van der Waals surface area contributed by atoms with Crippen molar-refractivity contribution in [3.05, 3.63) is 227 Å². The summed E-state index contributed by atoms with van der Waals surface area (Å²) in [5.74, 6) is 1.95. The lowest BCUT2D eigenvalue weighted by molar-refractivity contribution is -0.00121. The Bertz CT molecular complexity index is 3960. The molecule has 3 fully saturated rings. The third-order valence-corrected chi connectivity index (χ3v) is 18.3. The van der Waals surface area contributed by atoms with Gasteiger partial charge in [-0.25, -0.2) is 14.8 Å². The summed E-state index contributed by atoms with van der Waals surface area (Å²) in [5, 5.41) is 56.3. The average Bonchev–Trinajstić information content (AvgIpc) is 0.806.